The zero-order valence-electron chi connectivity index (χ0n) is 31.2. The van der Waals surface area contributed by atoms with E-state index in [2.05, 4.69) is 41.1 Å². The van der Waals surface area contributed by atoms with Gasteiger partial charge in [0, 0.05) is 23.2 Å². The highest BCUT2D eigenvalue weighted by molar-refractivity contribution is 8.08. The molecule has 5 rings (SSSR count). The highest BCUT2D eigenvalue weighted by Gasteiger charge is 2.55. The van der Waals surface area contributed by atoms with Crippen LogP contribution in [0.3, 0.4) is 0 Å². The standard InChI is InChI=1S/C31H29ClN8O18S5/c1-2-24(43)35-21-12-19(60(47,48)49)9-15-10-23(62(53,54)55)26(27(44)25(15)21)40-39-20-11-17(5-8-22(20)61(50,51)52)34-30-37-28(32)36-29(38-30)33-16-3-6-18(7-4-16)59(45,46)31(13-41,14-42)63(56,57)58/h3-12,41-42,44H,2,13-14H2,1H3,(H,35,43)(H,47,48,49)(H,50,51,52)(H,53,54,55)(H,56,57,58)(H2,33,34,36,37,38). The van der Waals surface area contributed by atoms with Crippen molar-refractivity contribution in [3.63, 3.8) is 0 Å². The summed E-state index contributed by atoms with van der Waals surface area (Å²) in [5.41, 5.74) is -2.44. The van der Waals surface area contributed by atoms with Gasteiger partial charge in [-0.2, -0.15) is 48.6 Å². The van der Waals surface area contributed by atoms with Gasteiger partial charge in [0.15, 0.2) is 5.75 Å². The third kappa shape index (κ3) is 10.1. The number of aromatic nitrogens is 3. The van der Waals surface area contributed by atoms with Crippen molar-refractivity contribution in [2.45, 2.75) is 37.0 Å². The van der Waals surface area contributed by atoms with Crippen LogP contribution in [0.2, 0.25) is 5.28 Å². The van der Waals surface area contributed by atoms with E-state index in [1.54, 1.807) is 0 Å². The van der Waals surface area contributed by atoms with Crippen LogP contribution in [0.25, 0.3) is 10.8 Å². The summed E-state index contributed by atoms with van der Waals surface area (Å²) >= 11 is 6.06. The molecule has 32 heteroatoms. The van der Waals surface area contributed by atoms with Crippen molar-refractivity contribution in [3.8, 4) is 5.75 Å². The number of amides is 1. The van der Waals surface area contributed by atoms with Gasteiger partial charge in [0.1, 0.15) is 21.2 Å². The number of carbonyl (C=O) groups excluding carboxylic acids is 1. The molecule has 338 valence electrons. The lowest BCUT2D eigenvalue weighted by Gasteiger charge is -2.26. The van der Waals surface area contributed by atoms with Crippen LogP contribution in [-0.4, -0.2) is 114 Å². The number of halogens is 1. The predicted octanol–water partition coefficient (Wildman–Crippen LogP) is 2.72. The molecule has 0 saturated heterocycles. The Bertz CT molecular complexity index is 3280. The van der Waals surface area contributed by atoms with Gasteiger partial charge < -0.3 is 31.3 Å². The maximum absolute atomic E-state index is 13.0. The second-order valence-electron chi connectivity index (χ2n) is 12.6. The summed E-state index contributed by atoms with van der Waals surface area (Å²) in [5.74, 6) is -2.61. The Labute approximate surface area is 360 Å². The van der Waals surface area contributed by atoms with Gasteiger partial charge in [-0.15, -0.1) is 10.2 Å². The molecule has 63 heavy (non-hydrogen) atoms. The van der Waals surface area contributed by atoms with Gasteiger partial charge in [-0.05, 0) is 77.7 Å². The first-order valence-electron chi connectivity index (χ1n) is 16.7. The highest BCUT2D eigenvalue weighted by atomic mass is 35.5. The third-order valence-electron chi connectivity index (χ3n) is 8.52. The van der Waals surface area contributed by atoms with Gasteiger partial charge in [-0.25, -0.2) is 8.42 Å². The summed E-state index contributed by atoms with van der Waals surface area (Å²) in [5, 5.41) is 43.8. The van der Waals surface area contributed by atoms with Gasteiger partial charge in [0.2, 0.25) is 37.0 Å². The van der Waals surface area contributed by atoms with Gasteiger partial charge in [-0.1, -0.05) is 6.92 Å². The molecule has 4 aromatic carbocycles. The van der Waals surface area contributed by atoms with Crippen molar-refractivity contribution in [1.29, 1.82) is 0 Å². The number of nitrogens with one attached hydrogen (secondary N) is 3. The largest absolute Gasteiger partial charge is 0.505 e. The number of hydrogen-bond donors (Lipinski definition) is 10. The number of aliphatic hydroxyl groups is 2. The molecule has 1 aromatic heterocycles. The number of rotatable bonds is 16. The summed E-state index contributed by atoms with van der Waals surface area (Å²) in [6.07, 6.45) is -0.183. The number of aliphatic hydroxyl groups excluding tert-OH is 2. The monoisotopic (exact) mass is 996 g/mol. The van der Waals surface area contributed by atoms with Gasteiger partial charge in [0.05, 0.1) is 28.7 Å². The van der Waals surface area contributed by atoms with Gasteiger partial charge >= 0.3 is 0 Å². The van der Waals surface area contributed by atoms with E-state index in [4.69, 9.17) is 11.6 Å². The number of azo groups is 1. The lowest BCUT2D eigenvalue weighted by atomic mass is 10.1. The smallest absolute Gasteiger partial charge is 0.296 e. The molecule has 1 amide bonds. The molecular weight excluding hydrogens is 968 g/mol. The first-order valence-corrected chi connectivity index (χ1v) is 24.3. The number of sulfone groups is 1. The van der Waals surface area contributed by atoms with E-state index in [0.717, 1.165) is 48.5 Å². The van der Waals surface area contributed by atoms with Crippen LogP contribution >= 0.6 is 11.6 Å². The number of carbonyl (C=O) groups is 1. The minimum atomic E-state index is -5.56. The van der Waals surface area contributed by atoms with Crippen molar-refractivity contribution < 1.29 is 80.4 Å². The van der Waals surface area contributed by atoms with Gasteiger partial charge in [-0.3, -0.25) is 23.0 Å². The molecule has 0 fully saturated rings. The minimum absolute atomic E-state index is 0.0350. The second kappa shape index (κ2) is 17.5. The fourth-order valence-corrected chi connectivity index (χ4v) is 10.4. The topological polar surface area (TPSA) is 429 Å². The number of aromatic hydroxyl groups is 1. The summed E-state index contributed by atoms with van der Waals surface area (Å²) in [6.45, 7) is -1.98. The SMILES string of the molecule is CCC(=O)Nc1cc(S(=O)(=O)O)cc2cc(S(=O)(=O)O)c(N=Nc3cc(Nc4nc(Cl)nc(Nc5ccc(S(=O)(=O)C(CO)(CO)S(=O)(=O)O)cc5)n4)ccc3S(=O)(=O)O)c(O)c12. The first kappa shape index (κ1) is 48.5. The fraction of sp³-hybridized carbons (Fsp3) is 0.161. The molecular formula is C31H29ClN8O18S5. The van der Waals surface area contributed by atoms with E-state index in [0.29, 0.717) is 12.1 Å². The maximum Gasteiger partial charge on any atom is 0.296 e. The Hall–Kier alpha value is -5.58. The number of fused-ring (bicyclic) bond motifs is 1. The number of phenolic OH excluding ortho intramolecular Hbond substituents is 1. The number of hydrogen-bond acceptors (Lipinski definition) is 21. The van der Waals surface area contributed by atoms with E-state index < -0.39 is 132 Å². The quantitative estimate of drug-likeness (QED) is 0.0502. The molecule has 0 aliphatic rings. The van der Waals surface area contributed by atoms with E-state index in [1.807, 2.05) is 0 Å². The lowest BCUT2D eigenvalue weighted by molar-refractivity contribution is -0.115. The van der Waals surface area contributed by atoms with Gasteiger partial charge in [0.25, 0.3) is 40.5 Å². The van der Waals surface area contributed by atoms with Crippen molar-refractivity contribution in [1.82, 2.24) is 15.0 Å². The van der Waals surface area contributed by atoms with Crippen molar-refractivity contribution in [2.75, 3.05) is 29.2 Å². The number of benzene rings is 4. The van der Waals surface area contributed by atoms with Crippen LogP contribution in [0.1, 0.15) is 13.3 Å². The van der Waals surface area contributed by atoms with Crippen LogP contribution in [-0.2, 0) is 55.1 Å². The van der Waals surface area contributed by atoms with Crippen LogP contribution in [0, 0.1) is 0 Å². The average Bonchev–Trinajstić information content (AvgIpc) is 3.16. The van der Waals surface area contributed by atoms with E-state index in [-0.39, 0.29) is 29.7 Å². The van der Waals surface area contributed by atoms with E-state index in [9.17, 15) is 80.4 Å². The molecule has 0 aliphatic carbocycles. The summed E-state index contributed by atoms with van der Waals surface area (Å²) < 4.78 is 159. The summed E-state index contributed by atoms with van der Waals surface area (Å²) in [7, 11) is -26.2. The average molecular weight is 997 g/mol. The first-order chi connectivity index (χ1) is 29.1. The Morgan fingerprint density at radius 2 is 1.25 bits per heavy atom. The maximum atomic E-state index is 13.0. The zero-order valence-corrected chi connectivity index (χ0v) is 36.0. The number of nitrogens with zero attached hydrogens (tertiary/aromatic N) is 5. The molecule has 1 heterocycles. The fourth-order valence-electron chi connectivity index (χ4n) is 5.41. The number of phenols is 1. The van der Waals surface area contributed by atoms with E-state index >= 15 is 0 Å². The molecule has 0 aliphatic heterocycles. The Kier molecular flexibility index (Phi) is 13.5. The van der Waals surface area contributed by atoms with Crippen LogP contribution in [0.5, 0.6) is 5.75 Å². The molecule has 0 spiro atoms. The predicted molar refractivity (Wildman–Crippen MR) is 218 cm³/mol. The van der Waals surface area contributed by atoms with Crippen molar-refractivity contribution in [2.24, 2.45) is 10.2 Å². The summed E-state index contributed by atoms with van der Waals surface area (Å²) in [6, 6.07) is 8.61. The molecule has 0 bridgehead atoms. The zero-order chi connectivity index (χ0) is 47.1. The molecule has 0 saturated carbocycles. The molecule has 10 N–H and O–H groups in total. The highest BCUT2D eigenvalue weighted by Crippen LogP contribution is 2.46. The van der Waals surface area contributed by atoms with Crippen molar-refractivity contribution in [3.05, 3.63) is 65.9 Å². The molecule has 0 unspecified atom stereocenters. The van der Waals surface area contributed by atoms with E-state index in [1.165, 1.54) is 6.92 Å². The normalized spacial score (nSPS) is 13.0. The third-order valence-corrected chi connectivity index (χ3v) is 15.9. The molecule has 5 aromatic rings. The summed E-state index contributed by atoms with van der Waals surface area (Å²) in [4.78, 5) is 20.3. The second-order valence-corrected chi connectivity index (χ2v) is 21.4. The van der Waals surface area contributed by atoms with Crippen molar-refractivity contribution >= 4 is 119 Å². The molecule has 0 radical (unpaired) electrons. The van der Waals surface area contributed by atoms with Crippen LogP contribution in [0.15, 0.2) is 90.5 Å². The van der Waals surface area contributed by atoms with Crippen LogP contribution in [0.4, 0.5) is 40.3 Å². The molecule has 26 nitrogen and oxygen atoms in total. The minimum Gasteiger partial charge on any atom is -0.505 e. The molecule has 0 atom stereocenters. The Balaban J connectivity index is 1.55. The Morgan fingerprint density at radius 1 is 0.698 bits per heavy atom. The lowest BCUT2D eigenvalue weighted by Crippen LogP contribution is -2.52. The number of anilines is 5. The Morgan fingerprint density at radius 3 is 1.76 bits per heavy atom. The van der Waals surface area contributed by atoms with Crippen LogP contribution < -0.4 is 16.0 Å².